The van der Waals surface area contributed by atoms with Gasteiger partial charge in [0, 0.05) is 48.0 Å². The summed E-state index contributed by atoms with van der Waals surface area (Å²) in [6, 6.07) is 11.1. The molecule has 1 atom stereocenters. The minimum Gasteiger partial charge on any atom is -0.351 e. The molecule has 5 rings (SSSR count). The Morgan fingerprint density at radius 1 is 1.25 bits per heavy atom. The summed E-state index contributed by atoms with van der Waals surface area (Å²) in [5, 5.41) is 4.17. The summed E-state index contributed by atoms with van der Waals surface area (Å²) in [5.41, 5.74) is 2.26. The van der Waals surface area contributed by atoms with Crippen LogP contribution in [0.15, 0.2) is 63.8 Å². The SMILES string of the molecule is C=CN(c1cccc2cc(C3=NCC(CN4CCSCC4)S3)[nH]c12)S(=O)(=O)c1cccs1. The van der Waals surface area contributed by atoms with Crippen LogP contribution in [-0.2, 0) is 10.0 Å². The van der Waals surface area contributed by atoms with Gasteiger partial charge in [0.2, 0.25) is 0 Å². The van der Waals surface area contributed by atoms with E-state index < -0.39 is 10.0 Å². The van der Waals surface area contributed by atoms with Crippen molar-refractivity contribution < 1.29 is 8.42 Å². The number of hydrogen-bond acceptors (Lipinski definition) is 7. The zero-order chi connectivity index (χ0) is 22.1. The van der Waals surface area contributed by atoms with Crippen molar-refractivity contribution in [1.82, 2.24) is 9.88 Å². The molecule has 1 saturated heterocycles. The molecule has 0 aliphatic carbocycles. The molecule has 0 radical (unpaired) electrons. The number of H-pyrrole nitrogens is 1. The lowest BCUT2D eigenvalue weighted by molar-refractivity contribution is 0.305. The van der Waals surface area contributed by atoms with E-state index in [2.05, 4.69) is 22.5 Å². The summed E-state index contributed by atoms with van der Waals surface area (Å²) in [6.45, 7) is 7.96. The Morgan fingerprint density at radius 2 is 2.09 bits per heavy atom. The van der Waals surface area contributed by atoms with Crippen LogP contribution in [0.5, 0.6) is 0 Å². The van der Waals surface area contributed by atoms with E-state index in [9.17, 15) is 8.42 Å². The van der Waals surface area contributed by atoms with Gasteiger partial charge in [-0.15, -0.1) is 11.3 Å². The first kappa shape index (κ1) is 22.1. The normalized spacial score (nSPS) is 19.9. The highest BCUT2D eigenvalue weighted by atomic mass is 32.2. The second-order valence-electron chi connectivity index (χ2n) is 7.64. The van der Waals surface area contributed by atoms with Crippen molar-refractivity contribution in [2.24, 2.45) is 4.99 Å². The smallest absolute Gasteiger partial charge is 0.277 e. The second-order valence-corrected chi connectivity index (χ2v) is 13.1. The molecule has 0 saturated carbocycles. The van der Waals surface area contributed by atoms with Gasteiger partial charge in [-0.3, -0.25) is 4.99 Å². The number of thioether (sulfide) groups is 2. The number of anilines is 1. The molecule has 0 bridgehead atoms. The van der Waals surface area contributed by atoms with Gasteiger partial charge in [0.05, 0.1) is 23.4 Å². The highest BCUT2D eigenvalue weighted by Crippen LogP contribution is 2.34. The van der Waals surface area contributed by atoms with Crippen molar-refractivity contribution in [3.05, 3.63) is 60.3 Å². The third-order valence-electron chi connectivity index (χ3n) is 5.56. The number of fused-ring (bicyclic) bond motifs is 1. The number of nitrogens with zero attached hydrogens (tertiary/aromatic N) is 3. The van der Waals surface area contributed by atoms with Crippen LogP contribution in [0.2, 0.25) is 0 Å². The molecular weight excluding hydrogens is 481 g/mol. The standard InChI is InChI=1S/C22H24N4O2S4/c1-2-26(32(27,28)20-7-4-10-30-20)19-6-3-5-16-13-18(24-21(16)19)22-23-14-17(31-22)15-25-8-11-29-12-9-25/h2-7,10,13,17,24H,1,8-9,11-12,14-15H2. The summed E-state index contributed by atoms with van der Waals surface area (Å²) < 4.78 is 27.9. The van der Waals surface area contributed by atoms with E-state index >= 15 is 0 Å². The molecule has 1 unspecified atom stereocenters. The fourth-order valence-electron chi connectivity index (χ4n) is 4.00. The molecule has 2 aromatic heterocycles. The molecule has 3 aromatic rings. The summed E-state index contributed by atoms with van der Waals surface area (Å²) >= 11 is 5.04. The molecule has 2 aliphatic heterocycles. The number of thiophene rings is 1. The van der Waals surface area contributed by atoms with Crippen molar-refractivity contribution in [2.75, 3.05) is 42.0 Å². The molecule has 2 aliphatic rings. The van der Waals surface area contributed by atoms with Gasteiger partial charge in [-0.1, -0.05) is 36.5 Å². The van der Waals surface area contributed by atoms with E-state index in [4.69, 9.17) is 4.99 Å². The maximum atomic E-state index is 13.2. The molecule has 4 heterocycles. The van der Waals surface area contributed by atoms with Crippen LogP contribution in [0.1, 0.15) is 5.69 Å². The third kappa shape index (κ3) is 4.26. The number of para-hydroxylation sites is 1. The third-order valence-corrected chi connectivity index (χ3v) is 10.8. The fraction of sp³-hybridized carbons (Fsp3) is 0.318. The molecule has 0 amide bonds. The number of rotatable bonds is 7. The molecule has 0 spiro atoms. The largest absolute Gasteiger partial charge is 0.351 e. The number of aliphatic imine (C=N–C) groups is 1. The van der Waals surface area contributed by atoms with Gasteiger partial charge in [-0.2, -0.15) is 20.2 Å². The van der Waals surface area contributed by atoms with Crippen LogP contribution < -0.4 is 4.31 Å². The van der Waals surface area contributed by atoms with Crippen LogP contribution in [0, 0.1) is 0 Å². The first-order valence-corrected chi connectivity index (χ1v) is 14.8. The van der Waals surface area contributed by atoms with E-state index in [1.807, 2.05) is 35.7 Å². The number of benzene rings is 1. The topological polar surface area (TPSA) is 68.8 Å². The minimum absolute atomic E-state index is 0.288. The number of aromatic amines is 1. The lowest BCUT2D eigenvalue weighted by atomic mass is 10.2. The fourth-order valence-corrected chi connectivity index (χ4v) is 8.51. The van der Waals surface area contributed by atoms with E-state index in [-0.39, 0.29) is 4.21 Å². The molecule has 1 aromatic carbocycles. The molecule has 10 heteroatoms. The van der Waals surface area contributed by atoms with E-state index in [0.29, 0.717) is 10.9 Å². The van der Waals surface area contributed by atoms with Crippen molar-refractivity contribution in [1.29, 1.82) is 0 Å². The van der Waals surface area contributed by atoms with Crippen molar-refractivity contribution >= 4 is 66.5 Å². The predicted molar refractivity (Wildman–Crippen MR) is 139 cm³/mol. The molecule has 1 N–H and O–H groups in total. The Morgan fingerprint density at radius 3 is 2.84 bits per heavy atom. The number of hydrogen-bond donors (Lipinski definition) is 1. The Hall–Kier alpha value is -1.72. The molecular formula is C22H24N4O2S4. The van der Waals surface area contributed by atoms with Gasteiger partial charge < -0.3 is 9.88 Å². The maximum Gasteiger partial charge on any atom is 0.277 e. The zero-order valence-corrected chi connectivity index (χ0v) is 20.7. The molecule has 32 heavy (non-hydrogen) atoms. The van der Waals surface area contributed by atoms with E-state index in [1.54, 1.807) is 23.6 Å². The van der Waals surface area contributed by atoms with Crippen molar-refractivity contribution in [3.8, 4) is 0 Å². The van der Waals surface area contributed by atoms with Crippen LogP contribution in [0.25, 0.3) is 10.9 Å². The molecule has 168 valence electrons. The Kier molecular flexibility index (Phi) is 6.39. The maximum absolute atomic E-state index is 13.2. The first-order chi connectivity index (χ1) is 15.6. The van der Waals surface area contributed by atoms with Gasteiger partial charge in [0.25, 0.3) is 10.0 Å². The van der Waals surface area contributed by atoms with E-state index in [0.717, 1.165) is 47.8 Å². The summed E-state index contributed by atoms with van der Waals surface area (Å²) in [6.07, 6.45) is 1.36. The van der Waals surface area contributed by atoms with Gasteiger partial charge >= 0.3 is 0 Å². The monoisotopic (exact) mass is 504 g/mol. The van der Waals surface area contributed by atoms with Gasteiger partial charge in [0.1, 0.15) is 9.25 Å². The number of aromatic nitrogens is 1. The zero-order valence-electron chi connectivity index (χ0n) is 17.4. The van der Waals surface area contributed by atoms with Crippen LogP contribution >= 0.6 is 34.9 Å². The Bertz CT molecular complexity index is 1240. The Balaban J connectivity index is 1.41. The Labute approximate surface area is 200 Å². The summed E-state index contributed by atoms with van der Waals surface area (Å²) in [7, 11) is -3.72. The van der Waals surface area contributed by atoms with Crippen molar-refractivity contribution in [3.63, 3.8) is 0 Å². The lowest BCUT2D eigenvalue weighted by Gasteiger charge is -2.28. The summed E-state index contributed by atoms with van der Waals surface area (Å²) in [5.74, 6) is 2.42. The minimum atomic E-state index is -3.72. The highest BCUT2D eigenvalue weighted by Gasteiger charge is 2.28. The van der Waals surface area contributed by atoms with Crippen LogP contribution in [-0.4, -0.2) is 66.3 Å². The quantitative estimate of drug-likeness (QED) is 0.514. The average Bonchev–Trinajstić information content (AvgIpc) is 3.55. The second kappa shape index (κ2) is 9.26. The van der Waals surface area contributed by atoms with E-state index in [1.165, 1.54) is 33.3 Å². The number of sulfonamides is 1. The van der Waals surface area contributed by atoms with Gasteiger partial charge in [0.15, 0.2) is 0 Å². The van der Waals surface area contributed by atoms with Gasteiger partial charge in [-0.05, 0) is 23.6 Å². The summed E-state index contributed by atoms with van der Waals surface area (Å²) in [4.78, 5) is 10.8. The highest BCUT2D eigenvalue weighted by molar-refractivity contribution is 8.15. The molecule has 6 nitrogen and oxygen atoms in total. The van der Waals surface area contributed by atoms with Crippen LogP contribution in [0.3, 0.4) is 0 Å². The van der Waals surface area contributed by atoms with Crippen molar-refractivity contribution in [2.45, 2.75) is 9.46 Å². The van der Waals surface area contributed by atoms with Crippen LogP contribution in [0.4, 0.5) is 5.69 Å². The molecule has 1 fully saturated rings. The average molecular weight is 505 g/mol. The number of nitrogens with one attached hydrogen (secondary N) is 1. The lowest BCUT2D eigenvalue weighted by Crippen LogP contribution is -2.37. The first-order valence-electron chi connectivity index (χ1n) is 10.4. The predicted octanol–water partition coefficient (Wildman–Crippen LogP) is 4.48. The van der Waals surface area contributed by atoms with Gasteiger partial charge in [-0.25, -0.2) is 4.31 Å².